The van der Waals surface area contributed by atoms with Gasteiger partial charge in [0, 0.05) is 23.9 Å². The van der Waals surface area contributed by atoms with Crippen molar-refractivity contribution in [1.29, 1.82) is 0 Å². The number of rotatable bonds is 7. The molecule has 1 fully saturated rings. The Hall–Kier alpha value is 0.0200. The van der Waals surface area contributed by atoms with Gasteiger partial charge in [-0.2, -0.15) is 24.9 Å². The molecule has 0 aliphatic carbocycles. The van der Waals surface area contributed by atoms with E-state index in [-0.39, 0.29) is 24.4 Å². The molecule has 20 heavy (non-hydrogen) atoms. The van der Waals surface area contributed by atoms with E-state index in [1.54, 1.807) is 11.8 Å². The number of alkyl halides is 3. The largest absolute Gasteiger partial charge is 0.395 e. The number of aliphatic hydroxyl groups is 1. The molecule has 0 saturated carbocycles. The van der Waals surface area contributed by atoms with Gasteiger partial charge in [-0.05, 0) is 39.1 Å². The van der Waals surface area contributed by atoms with Gasteiger partial charge in [-0.15, -0.1) is 0 Å². The lowest BCUT2D eigenvalue weighted by Gasteiger charge is -2.35. The minimum atomic E-state index is -4.06. The maximum Gasteiger partial charge on any atom is 0.390 e. The molecule has 1 heterocycles. The van der Waals surface area contributed by atoms with E-state index in [0.717, 1.165) is 12.8 Å². The van der Waals surface area contributed by atoms with Crippen LogP contribution in [0.25, 0.3) is 0 Å². The number of piperidine rings is 1. The molecule has 0 spiro atoms. The van der Waals surface area contributed by atoms with Gasteiger partial charge in [0.1, 0.15) is 0 Å². The van der Waals surface area contributed by atoms with Crippen molar-refractivity contribution < 1.29 is 18.3 Å². The molecule has 2 atom stereocenters. The highest BCUT2D eigenvalue weighted by Crippen LogP contribution is 2.21. The zero-order valence-corrected chi connectivity index (χ0v) is 12.9. The molecule has 1 rings (SSSR count). The van der Waals surface area contributed by atoms with Crippen LogP contribution in [-0.2, 0) is 0 Å². The molecule has 0 aromatic carbocycles. The lowest BCUT2D eigenvalue weighted by molar-refractivity contribution is -0.138. The molecular formula is C13H25F3N2OS. The fourth-order valence-corrected chi connectivity index (χ4v) is 3.16. The van der Waals surface area contributed by atoms with Crippen molar-refractivity contribution in [3.05, 3.63) is 0 Å². The number of nitrogens with zero attached hydrogens (tertiary/aromatic N) is 1. The summed E-state index contributed by atoms with van der Waals surface area (Å²) in [6.45, 7) is 3.72. The Morgan fingerprint density at radius 3 is 2.40 bits per heavy atom. The van der Waals surface area contributed by atoms with E-state index < -0.39 is 12.6 Å². The standard InChI is InChI=1S/C13H25F3N2OS/c1-10(12(9-19)20-2)17-11-3-6-18(7-4-11)8-5-13(14,15)16/h10-12,17,19H,3-9H2,1-2H3. The maximum absolute atomic E-state index is 12.2. The van der Waals surface area contributed by atoms with Crippen LogP contribution in [0.1, 0.15) is 26.2 Å². The molecule has 120 valence electrons. The second-order valence-electron chi connectivity index (χ2n) is 5.39. The summed E-state index contributed by atoms with van der Waals surface area (Å²) in [5.74, 6) is 0. The van der Waals surface area contributed by atoms with Crippen LogP contribution in [0.15, 0.2) is 0 Å². The van der Waals surface area contributed by atoms with Gasteiger partial charge in [0.05, 0.1) is 13.0 Å². The van der Waals surface area contributed by atoms with Gasteiger partial charge in [-0.25, -0.2) is 0 Å². The molecule has 1 aliphatic heterocycles. The minimum absolute atomic E-state index is 0.107. The first-order valence-electron chi connectivity index (χ1n) is 7.04. The van der Waals surface area contributed by atoms with Gasteiger partial charge >= 0.3 is 6.18 Å². The van der Waals surface area contributed by atoms with Crippen molar-refractivity contribution in [3.8, 4) is 0 Å². The zero-order valence-electron chi connectivity index (χ0n) is 12.1. The monoisotopic (exact) mass is 314 g/mol. The van der Waals surface area contributed by atoms with Gasteiger partial charge < -0.3 is 15.3 Å². The van der Waals surface area contributed by atoms with Gasteiger partial charge in [0.15, 0.2) is 0 Å². The maximum atomic E-state index is 12.2. The Morgan fingerprint density at radius 2 is 1.95 bits per heavy atom. The van der Waals surface area contributed by atoms with Crippen LogP contribution >= 0.6 is 11.8 Å². The lowest BCUT2D eigenvalue weighted by Crippen LogP contribution is -2.49. The Balaban J connectivity index is 2.25. The Bertz CT molecular complexity index is 267. The smallest absolute Gasteiger partial charge is 0.390 e. The molecule has 3 nitrogen and oxygen atoms in total. The van der Waals surface area contributed by atoms with E-state index in [9.17, 15) is 18.3 Å². The SMILES string of the molecule is CSC(CO)C(C)NC1CCN(CCC(F)(F)F)CC1. The Kier molecular flexibility index (Phi) is 7.64. The van der Waals surface area contributed by atoms with Crippen molar-refractivity contribution in [3.63, 3.8) is 0 Å². The molecule has 0 bridgehead atoms. The number of thioether (sulfide) groups is 1. The fourth-order valence-electron chi connectivity index (χ4n) is 2.52. The van der Waals surface area contributed by atoms with Crippen LogP contribution in [0.5, 0.6) is 0 Å². The predicted molar refractivity (Wildman–Crippen MR) is 77.1 cm³/mol. The number of hydrogen-bond acceptors (Lipinski definition) is 4. The highest BCUT2D eigenvalue weighted by molar-refractivity contribution is 7.99. The molecule has 1 saturated heterocycles. The first kappa shape index (κ1) is 18.1. The number of halogens is 3. The van der Waals surface area contributed by atoms with Crippen LogP contribution in [-0.4, -0.2) is 66.0 Å². The quantitative estimate of drug-likeness (QED) is 0.754. The van der Waals surface area contributed by atoms with Gasteiger partial charge in [-0.1, -0.05) is 0 Å². The number of likely N-dealkylation sites (tertiary alicyclic amines) is 1. The average Bonchev–Trinajstić information content (AvgIpc) is 2.38. The lowest BCUT2D eigenvalue weighted by atomic mass is 10.0. The highest BCUT2D eigenvalue weighted by Gasteiger charge is 2.29. The molecule has 2 N–H and O–H groups in total. The first-order valence-corrected chi connectivity index (χ1v) is 8.33. The molecule has 0 aromatic heterocycles. The number of hydrogen-bond donors (Lipinski definition) is 2. The van der Waals surface area contributed by atoms with E-state index in [1.165, 1.54) is 0 Å². The summed E-state index contributed by atoms with van der Waals surface area (Å²) in [4.78, 5) is 1.88. The highest BCUT2D eigenvalue weighted by atomic mass is 32.2. The van der Waals surface area contributed by atoms with Crippen LogP contribution in [0.2, 0.25) is 0 Å². The summed E-state index contributed by atoms with van der Waals surface area (Å²) in [6, 6.07) is 0.551. The minimum Gasteiger partial charge on any atom is -0.395 e. The third kappa shape index (κ3) is 6.65. The van der Waals surface area contributed by atoms with Crippen molar-refractivity contribution >= 4 is 11.8 Å². The molecule has 0 amide bonds. The van der Waals surface area contributed by atoms with Crippen molar-refractivity contribution in [2.24, 2.45) is 0 Å². The first-order chi connectivity index (χ1) is 9.35. The van der Waals surface area contributed by atoms with Gasteiger partial charge in [0.2, 0.25) is 0 Å². The van der Waals surface area contributed by atoms with Crippen LogP contribution in [0, 0.1) is 0 Å². The van der Waals surface area contributed by atoms with E-state index >= 15 is 0 Å². The van der Waals surface area contributed by atoms with E-state index in [1.807, 2.05) is 18.1 Å². The topological polar surface area (TPSA) is 35.5 Å². The van der Waals surface area contributed by atoms with E-state index in [0.29, 0.717) is 19.1 Å². The molecule has 0 aromatic rings. The van der Waals surface area contributed by atoms with Crippen LogP contribution < -0.4 is 5.32 Å². The van der Waals surface area contributed by atoms with Gasteiger partial charge in [-0.3, -0.25) is 0 Å². The summed E-state index contributed by atoms with van der Waals surface area (Å²) >= 11 is 1.63. The van der Waals surface area contributed by atoms with Crippen molar-refractivity contribution in [2.75, 3.05) is 32.5 Å². The zero-order chi connectivity index (χ0) is 15.2. The van der Waals surface area contributed by atoms with Crippen LogP contribution in [0.4, 0.5) is 13.2 Å². The molecular weight excluding hydrogens is 289 g/mol. The summed E-state index contributed by atoms with van der Waals surface area (Å²) < 4.78 is 36.5. The van der Waals surface area contributed by atoms with E-state index in [2.05, 4.69) is 5.32 Å². The summed E-state index contributed by atoms with van der Waals surface area (Å²) in [5, 5.41) is 12.9. The predicted octanol–water partition coefficient (Wildman–Crippen LogP) is 2.11. The van der Waals surface area contributed by atoms with Gasteiger partial charge in [0.25, 0.3) is 0 Å². The molecule has 1 aliphatic rings. The second kappa shape index (κ2) is 8.46. The van der Waals surface area contributed by atoms with Crippen molar-refractivity contribution in [2.45, 2.75) is 49.7 Å². The van der Waals surface area contributed by atoms with Crippen molar-refractivity contribution in [1.82, 2.24) is 10.2 Å². The third-order valence-electron chi connectivity index (χ3n) is 3.84. The normalized spacial score (nSPS) is 21.9. The Labute approximate surface area is 123 Å². The third-order valence-corrected chi connectivity index (χ3v) is 5.00. The summed E-state index contributed by atoms with van der Waals surface area (Å²) in [5.41, 5.74) is 0. The van der Waals surface area contributed by atoms with Crippen LogP contribution in [0.3, 0.4) is 0 Å². The van der Waals surface area contributed by atoms with E-state index in [4.69, 9.17) is 0 Å². The second-order valence-corrected chi connectivity index (χ2v) is 6.47. The molecule has 0 radical (unpaired) electrons. The molecule has 2 unspecified atom stereocenters. The average molecular weight is 314 g/mol. The number of aliphatic hydroxyl groups excluding tert-OH is 1. The number of nitrogens with one attached hydrogen (secondary N) is 1. The fraction of sp³-hybridized carbons (Fsp3) is 1.00. The molecule has 7 heteroatoms. The Morgan fingerprint density at radius 1 is 1.35 bits per heavy atom. The summed E-state index contributed by atoms with van der Waals surface area (Å²) in [6.07, 6.45) is -1.07. The summed E-state index contributed by atoms with van der Waals surface area (Å²) in [7, 11) is 0.